The van der Waals surface area contributed by atoms with Gasteiger partial charge in [-0.15, -0.1) is 11.3 Å². The maximum absolute atomic E-state index is 13.3. The van der Waals surface area contributed by atoms with Crippen LogP contribution in [0.2, 0.25) is 0 Å². The number of hydrogen-bond donors (Lipinski definition) is 1. The molecule has 1 N–H and O–H groups in total. The predicted molar refractivity (Wildman–Crippen MR) is 142 cm³/mol. The van der Waals surface area contributed by atoms with Gasteiger partial charge in [-0.2, -0.15) is 0 Å². The van der Waals surface area contributed by atoms with Crippen LogP contribution in [-0.2, 0) is 15.0 Å². The molecule has 0 saturated carbocycles. The van der Waals surface area contributed by atoms with Gasteiger partial charge in [-0.25, -0.2) is 0 Å². The number of Topliss-reactive ketones (excluding diaryl/α,β-unsaturated/α-hetero) is 1. The summed E-state index contributed by atoms with van der Waals surface area (Å²) >= 11 is 1.44. The van der Waals surface area contributed by atoms with Crippen LogP contribution in [0.25, 0.3) is 5.76 Å². The SMILES string of the molecule is COc1ccc(OCCN2C(=O)C(=O)/C(=C(/O)c3cc(C(C)(C)C)ccc3C)C2c2cccs2)cc1. The van der Waals surface area contributed by atoms with Gasteiger partial charge in [-0.1, -0.05) is 39.0 Å². The van der Waals surface area contributed by atoms with Crippen molar-refractivity contribution in [1.29, 1.82) is 0 Å². The summed E-state index contributed by atoms with van der Waals surface area (Å²) in [5.41, 5.74) is 2.40. The van der Waals surface area contributed by atoms with E-state index in [1.54, 1.807) is 31.4 Å². The van der Waals surface area contributed by atoms with Crippen molar-refractivity contribution in [2.45, 2.75) is 39.2 Å². The van der Waals surface area contributed by atoms with Crippen molar-refractivity contribution in [2.24, 2.45) is 0 Å². The summed E-state index contributed by atoms with van der Waals surface area (Å²) in [5.74, 6) is -0.117. The van der Waals surface area contributed by atoms with Crippen LogP contribution in [0.4, 0.5) is 0 Å². The molecular formula is C29H31NO5S. The Morgan fingerprint density at radius 1 is 1.06 bits per heavy atom. The topological polar surface area (TPSA) is 76.1 Å². The normalized spacial score (nSPS) is 17.5. The van der Waals surface area contributed by atoms with Crippen LogP contribution >= 0.6 is 11.3 Å². The number of carbonyl (C=O) groups is 2. The molecule has 2 aromatic carbocycles. The summed E-state index contributed by atoms with van der Waals surface area (Å²) in [6.45, 7) is 8.55. The van der Waals surface area contributed by atoms with E-state index in [1.165, 1.54) is 16.2 Å². The van der Waals surface area contributed by atoms with Gasteiger partial charge in [0.2, 0.25) is 0 Å². The molecule has 1 amide bonds. The maximum Gasteiger partial charge on any atom is 0.295 e. The average Bonchev–Trinajstić information content (AvgIpc) is 3.46. The number of ketones is 1. The Morgan fingerprint density at radius 2 is 1.75 bits per heavy atom. The quantitative estimate of drug-likeness (QED) is 0.247. The molecule has 1 unspecified atom stereocenters. The standard InChI is InChI=1S/C29H31NO5S/c1-18-8-9-19(29(2,3)4)17-22(18)26(31)24-25(23-7-6-16-36-23)30(28(33)27(24)32)14-15-35-21-12-10-20(34-5)11-13-21/h6-13,16-17,25,31H,14-15H2,1-5H3/b26-24+. The van der Waals surface area contributed by atoms with E-state index in [4.69, 9.17) is 9.47 Å². The van der Waals surface area contributed by atoms with E-state index < -0.39 is 17.7 Å². The van der Waals surface area contributed by atoms with Crippen molar-refractivity contribution in [2.75, 3.05) is 20.3 Å². The first-order chi connectivity index (χ1) is 17.1. The van der Waals surface area contributed by atoms with Crippen molar-refractivity contribution in [3.8, 4) is 11.5 Å². The second-order valence-electron chi connectivity index (χ2n) is 9.81. The number of ether oxygens (including phenoxy) is 2. The number of likely N-dealkylation sites (tertiary alicyclic amines) is 1. The first-order valence-electron chi connectivity index (χ1n) is 11.8. The number of carbonyl (C=O) groups excluding carboxylic acids is 2. The predicted octanol–water partition coefficient (Wildman–Crippen LogP) is 5.86. The summed E-state index contributed by atoms with van der Waals surface area (Å²) in [4.78, 5) is 28.7. The van der Waals surface area contributed by atoms with Gasteiger partial charge in [0.25, 0.3) is 11.7 Å². The molecule has 1 fully saturated rings. The highest BCUT2D eigenvalue weighted by Gasteiger charge is 2.46. The molecule has 1 saturated heterocycles. The van der Waals surface area contributed by atoms with Gasteiger partial charge in [0.15, 0.2) is 0 Å². The molecule has 3 aromatic rings. The summed E-state index contributed by atoms with van der Waals surface area (Å²) < 4.78 is 11.0. The van der Waals surface area contributed by atoms with E-state index in [0.717, 1.165) is 21.8 Å². The van der Waals surface area contributed by atoms with E-state index >= 15 is 0 Å². The van der Waals surface area contributed by atoms with Gasteiger partial charge in [0, 0.05) is 10.4 Å². The number of nitrogens with zero attached hydrogens (tertiary/aromatic N) is 1. The number of amides is 1. The minimum absolute atomic E-state index is 0.112. The summed E-state index contributed by atoms with van der Waals surface area (Å²) in [7, 11) is 1.60. The van der Waals surface area contributed by atoms with Crippen LogP contribution in [0, 0.1) is 6.92 Å². The Hall–Kier alpha value is -3.58. The second-order valence-corrected chi connectivity index (χ2v) is 10.8. The fraction of sp³-hybridized carbons (Fsp3) is 0.310. The number of methoxy groups -OCH3 is 1. The van der Waals surface area contributed by atoms with Crippen LogP contribution in [0.3, 0.4) is 0 Å². The molecule has 2 heterocycles. The largest absolute Gasteiger partial charge is 0.507 e. The Morgan fingerprint density at radius 3 is 2.36 bits per heavy atom. The van der Waals surface area contributed by atoms with Crippen LogP contribution < -0.4 is 9.47 Å². The summed E-state index contributed by atoms with van der Waals surface area (Å²) in [5, 5.41) is 13.4. The molecule has 0 radical (unpaired) electrons. The molecule has 0 aliphatic carbocycles. The van der Waals surface area contributed by atoms with Gasteiger partial charge in [-0.05, 0) is 65.2 Å². The Bertz CT molecular complexity index is 1290. The molecule has 0 bridgehead atoms. The molecule has 188 valence electrons. The zero-order chi connectivity index (χ0) is 26.0. The smallest absolute Gasteiger partial charge is 0.295 e. The summed E-state index contributed by atoms with van der Waals surface area (Å²) in [6, 6.07) is 16.1. The van der Waals surface area contributed by atoms with E-state index in [0.29, 0.717) is 11.3 Å². The van der Waals surface area contributed by atoms with Crippen molar-refractivity contribution < 1.29 is 24.2 Å². The highest BCUT2D eigenvalue weighted by molar-refractivity contribution is 7.10. The highest BCUT2D eigenvalue weighted by Crippen LogP contribution is 2.41. The van der Waals surface area contributed by atoms with E-state index in [1.807, 2.05) is 42.6 Å². The zero-order valence-electron chi connectivity index (χ0n) is 21.2. The second kappa shape index (κ2) is 10.2. The lowest BCUT2D eigenvalue weighted by atomic mass is 9.84. The van der Waals surface area contributed by atoms with Gasteiger partial charge in [0.1, 0.15) is 23.9 Å². The zero-order valence-corrected chi connectivity index (χ0v) is 22.0. The van der Waals surface area contributed by atoms with Gasteiger partial charge in [0.05, 0.1) is 25.3 Å². The van der Waals surface area contributed by atoms with Crippen molar-refractivity contribution in [1.82, 2.24) is 4.90 Å². The van der Waals surface area contributed by atoms with Crippen LogP contribution in [-0.4, -0.2) is 42.0 Å². The van der Waals surface area contributed by atoms with E-state index in [-0.39, 0.29) is 29.9 Å². The van der Waals surface area contributed by atoms with Crippen LogP contribution in [0.1, 0.15) is 48.4 Å². The molecule has 1 aromatic heterocycles. The van der Waals surface area contributed by atoms with Crippen LogP contribution in [0.5, 0.6) is 11.5 Å². The third-order valence-electron chi connectivity index (χ3n) is 6.37. The molecule has 0 spiro atoms. The van der Waals surface area contributed by atoms with Gasteiger partial charge in [-0.3, -0.25) is 9.59 Å². The molecule has 6 nitrogen and oxygen atoms in total. The number of thiophene rings is 1. The molecule has 1 atom stereocenters. The van der Waals surface area contributed by atoms with Crippen molar-refractivity contribution in [3.63, 3.8) is 0 Å². The number of rotatable bonds is 7. The van der Waals surface area contributed by atoms with Crippen molar-refractivity contribution in [3.05, 3.63) is 87.1 Å². The number of aliphatic hydroxyl groups is 1. The molecule has 1 aliphatic heterocycles. The van der Waals surface area contributed by atoms with E-state index in [2.05, 4.69) is 20.8 Å². The number of benzene rings is 2. The molecule has 7 heteroatoms. The minimum atomic E-state index is -0.684. The third-order valence-corrected chi connectivity index (χ3v) is 7.30. The lowest BCUT2D eigenvalue weighted by Crippen LogP contribution is -2.33. The number of aliphatic hydroxyl groups excluding tert-OH is 1. The number of hydrogen-bond acceptors (Lipinski definition) is 6. The molecule has 4 rings (SSSR count). The van der Waals surface area contributed by atoms with Gasteiger partial charge >= 0.3 is 0 Å². The first kappa shape index (κ1) is 25.5. The average molecular weight is 506 g/mol. The lowest BCUT2D eigenvalue weighted by Gasteiger charge is -2.25. The Balaban J connectivity index is 1.68. The Labute approximate surface area is 215 Å². The van der Waals surface area contributed by atoms with Crippen LogP contribution in [0.15, 0.2) is 65.6 Å². The molecule has 36 heavy (non-hydrogen) atoms. The molecule has 1 aliphatic rings. The molecular weight excluding hydrogens is 474 g/mol. The monoisotopic (exact) mass is 505 g/mol. The Kier molecular flexibility index (Phi) is 7.22. The lowest BCUT2D eigenvalue weighted by molar-refractivity contribution is -0.140. The fourth-order valence-electron chi connectivity index (χ4n) is 4.28. The highest BCUT2D eigenvalue weighted by atomic mass is 32.1. The summed E-state index contributed by atoms with van der Waals surface area (Å²) in [6.07, 6.45) is 0. The minimum Gasteiger partial charge on any atom is -0.507 e. The van der Waals surface area contributed by atoms with Crippen molar-refractivity contribution >= 4 is 28.8 Å². The third kappa shape index (κ3) is 5.02. The van der Waals surface area contributed by atoms with E-state index in [9.17, 15) is 14.7 Å². The number of aryl methyl sites for hydroxylation is 1. The maximum atomic E-state index is 13.3. The van der Waals surface area contributed by atoms with Gasteiger partial charge < -0.3 is 19.5 Å². The first-order valence-corrected chi connectivity index (χ1v) is 12.7. The fourth-order valence-corrected chi connectivity index (χ4v) is 5.12.